The monoisotopic (exact) mass is 428 g/mol. The molecule has 0 saturated carbocycles. The number of fused-ring (bicyclic) bond motifs is 1. The van der Waals surface area contributed by atoms with E-state index >= 15 is 0 Å². The molecule has 0 aliphatic carbocycles. The van der Waals surface area contributed by atoms with Crippen molar-refractivity contribution >= 4 is 16.7 Å². The minimum atomic E-state index is -0.453. The first-order chi connectivity index (χ1) is 15.6. The molecule has 1 aromatic heterocycles. The molecule has 0 aliphatic rings. The molecule has 4 rings (SSSR count). The highest BCUT2D eigenvalue weighted by Crippen LogP contribution is 2.37. The van der Waals surface area contributed by atoms with E-state index in [0.29, 0.717) is 35.4 Å². The Kier molecular flexibility index (Phi) is 6.22. The third-order valence-corrected chi connectivity index (χ3v) is 4.92. The number of aromatic nitrogens is 1. The summed E-state index contributed by atoms with van der Waals surface area (Å²) in [7, 11) is 0. The molecule has 0 radical (unpaired) electrons. The summed E-state index contributed by atoms with van der Waals surface area (Å²) in [6.07, 6.45) is 0. The Morgan fingerprint density at radius 2 is 1.66 bits per heavy atom. The molecule has 3 aromatic carbocycles. The van der Waals surface area contributed by atoms with E-state index in [-0.39, 0.29) is 17.3 Å². The van der Waals surface area contributed by atoms with Crippen LogP contribution in [0.4, 0.5) is 0 Å². The lowest BCUT2D eigenvalue weighted by molar-refractivity contribution is 0.0947. The molecule has 1 amide bonds. The Labute approximate surface area is 186 Å². The molecule has 6 heteroatoms. The van der Waals surface area contributed by atoms with Crippen LogP contribution >= 0.6 is 0 Å². The SMILES string of the molecule is CCNC(=O)c1nc(OCC)c2cc(Oc3cccc(-c4ccccc4)c3)ccc2c1O. The van der Waals surface area contributed by atoms with E-state index < -0.39 is 5.91 Å². The first-order valence-electron chi connectivity index (χ1n) is 10.5. The number of rotatable bonds is 7. The van der Waals surface area contributed by atoms with Crippen LogP contribution in [0.5, 0.6) is 23.1 Å². The lowest BCUT2D eigenvalue weighted by Crippen LogP contribution is -2.24. The smallest absolute Gasteiger partial charge is 0.273 e. The second-order valence-corrected chi connectivity index (χ2v) is 7.11. The predicted molar refractivity (Wildman–Crippen MR) is 125 cm³/mol. The Morgan fingerprint density at radius 3 is 2.41 bits per heavy atom. The highest BCUT2D eigenvalue weighted by atomic mass is 16.5. The summed E-state index contributed by atoms with van der Waals surface area (Å²) in [5, 5.41) is 14.4. The van der Waals surface area contributed by atoms with Crippen LogP contribution in [0.2, 0.25) is 0 Å². The first kappa shape index (κ1) is 21.2. The van der Waals surface area contributed by atoms with Crippen molar-refractivity contribution in [1.29, 1.82) is 0 Å². The van der Waals surface area contributed by atoms with Gasteiger partial charge in [-0.3, -0.25) is 4.79 Å². The number of benzene rings is 3. The molecule has 0 aliphatic heterocycles. The van der Waals surface area contributed by atoms with Crippen molar-refractivity contribution < 1.29 is 19.4 Å². The molecule has 0 unspecified atom stereocenters. The molecular weight excluding hydrogens is 404 g/mol. The number of ether oxygens (including phenoxy) is 2. The van der Waals surface area contributed by atoms with E-state index in [2.05, 4.69) is 10.3 Å². The Hall–Kier alpha value is -4.06. The minimum Gasteiger partial charge on any atom is -0.505 e. The largest absolute Gasteiger partial charge is 0.505 e. The number of nitrogens with zero attached hydrogens (tertiary/aromatic N) is 1. The number of hydrogen-bond acceptors (Lipinski definition) is 5. The van der Waals surface area contributed by atoms with Crippen molar-refractivity contribution in [3.8, 4) is 34.3 Å². The van der Waals surface area contributed by atoms with Gasteiger partial charge in [0.2, 0.25) is 5.88 Å². The van der Waals surface area contributed by atoms with Gasteiger partial charge in [0.25, 0.3) is 5.91 Å². The van der Waals surface area contributed by atoms with E-state index in [4.69, 9.17) is 9.47 Å². The number of carbonyl (C=O) groups excluding carboxylic acids is 1. The van der Waals surface area contributed by atoms with Gasteiger partial charge in [0, 0.05) is 11.9 Å². The van der Waals surface area contributed by atoms with Crippen LogP contribution < -0.4 is 14.8 Å². The second kappa shape index (κ2) is 9.39. The fourth-order valence-corrected chi connectivity index (χ4v) is 3.47. The highest BCUT2D eigenvalue weighted by Gasteiger charge is 2.20. The molecule has 162 valence electrons. The number of aromatic hydroxyl groups is 1. The minimum absolute atomic E-state index is 0.0629. The lowest BCUT2D eigenvalue weighted by atomic mass is 10.1. The topological polar surface area (TPSA) is 80.7 Å². The van der Waals surface area contributed by atoms with Crippen LogP contribution in [-0.4, -0.2) is 29.1 Å². The Balaban J connectivity index is 1.71. The maximum atomic E-state index is 12.3. The molecule has 0 atom stereocenters. The zero-order chi connectivity index (χ0) is 22.5. The fraction of sp³-hybridized carbons (Fsp3) is 0.154. The molecule has 1 heterocycles. The molecule has 0 fully saturated rings. The Bertz CT molecular complexity index is 1260. The van der Waals surface area contributed by atoms with Crippen LogP contribution in [0.15, 0.2) is 72.8 Å². The molecular formula is C26H24N2O4. The van der Waals surface area contributed by atoms with Crippen molar-refractivity contribution in [3.05, 3.63) is 78.5 Å². The number of pyridine rings is 1. The van der Waals surface area contributed by atoms with Crippen LogP contribution in [-0.2, 0) is 0 Å². The molecule has 0 spiro atoms. The van der Waals surface area contributed by atoms with Crippen molar-refractivity contribution in [2.45, 2.75) is 13.8 Å². The summed E-state index contributed by atoms with van der Waals surface area (Å²) in [5.74, 6) is 0.874. The fourth-order valence-electron chi connectivity index (χ4n) is 3.47. The first-order valence-corrected chi connectivity index (χ1v) is 10.5. The van der Waals surface area contributed by atoms with Gasteiger partial charge in [-0.25, -0.2) is 4.98 Å². The molecule has 0 bridgehead atoms. The van der Waals surface area contributed by atoms with Gasteiger partial charge >= 0.3 is 0 Å². The van der Waals surface area contributed by atoms with Crippen molar-refractivity contribution in [3.63, 3.8) is 0 Å². The zero-order valence-electron chi connectivity index (χ0n) is 18.0. The summed E-state index contributed by atoms with van der Waals surface area (Å²) in [4.78, 5) is 16.6. The average molecular weight is 428 g/mol. The van der Waals surface area contributed by atoms with Crippen molar-refractivity contribution in [2.24, 2.45) is 0 Å². The third-order valence-electron chi connectivity index (χ3n) is 4.92. The zero-order valence-corrected chi connectivity index (χ0v) is 18.0. The quantitative estimate of drug-likeness (QED) is 0.403. The van der Waals surface area contributed by atoms with Gasteiger partial charge in [0.15, 0.2) is 11.4 Å². The van der Waals surface area contributed by atoms with Gasteiger partial charge in [0.05, 0.1) is 12.0 Å². The second-order valence-electron chi connectivity index (χ2n) is 7.11. The van der Waals surface area contributed by atoms with E-state index in [1.54, 1.807) is 25.1 Å². The standard InChI is InChI=1S/C26H24N2O4/c1-3-27-25(30)23-24(29)21-14-13-20(16-22(21)26(28-23)31-4-2)32-19-12-8-11-18(15-19)17-9-6-5-7-10-17/h5-16,29H,3-4H2,1-2H3,(H,27,30). The van der Waals surface area contributed by atoms with Crippen LogP contribution in [0.1, 0.15) is 24.3 Å². The third kappa shape index (κ3) is 4.34. The average Bonchev–Trinajstić information content (AvgIpc) is 2.82. The predicted octanol–water partition coefficient (Wildman–Crippen LogP) is 5.55. The molecule has 2 N–H and O–H groups in total. The lowest BCUT2D eigenvalue weighted by Gasteiger charge is -2.14. The number of hydrogen-bond donors (Lipinski definition) is 2. The van der Waals surface area contributed by atoms with Crippen molar-refractivity contribution in [2.75, 3.05) is 13.2 Å². The van der Waals surface area contributed by atoms with Crippen LogP contribution in [0.25, 0.3) is 21.9 Å². The van der Waals surface area contributed by atoms with Gasteiger partial charge in [-0.1, -0.05) is 42.5 Å². The van der Waals surface area contributed by atoms with Gasteiger partial charge in [0.1, 0.15) is 11.5 Å². The summed E-state index contributed by atoms with van der Waals surface area (Å²) in [5.41, 5.74) is 2.08. The molecule has 4 aromatic rings. The molecule has 32 heavy (non-hydrogen) atoms. The van der Waals surface area contributed by atoms with Gasteiger partial charge < -0.3 is 19.9 Å². The van der Waals surface area contributed by atoms with E-state index in [1.165, 1.54) is 0 Å². The normalized spacial score (nSPS) is 10.7. The Morgan fingerprint density at radius 1 is 0.906 bits per heavy atom. The number of carbonyl (C=O) groups is 1. The van der Waals surface area contributed by atoms with E-state index in [1.807, 2.05) is 61.5 Å². The summed E-state index contributed by atoms with van der Waals surface area (Å²) in [6, 6.07) is 23.1. The summed E-state index contributed by atoms with van der Waals surface area (Å²) >= 11 is 0. The van der Waals surface area contributed by atoms with Gasteiger partial charge in [-0.15, -0.1) is 0 Å². The number of amides is 1. The van der Waals surface area contributed by atoms with Crippen LogP contribution in [0.3, 0.4) is 0 Å². The molecule has 0 saturated heterocycles. The van der Waals surface area contributed by atoms with Gasteiger partial charge in [-0.05, 0) is 55.3 Å². The van der Waals surface area contributed by atoms with E-state index in [0.717, 1.165) is 11.1 Å². The molecule has 6 nitrogen and oxygen atoms in total. The van der Waals surface area contributed by atoms with E-state index in [9.17, 15) is 9.90 Å². The highest BCUT2D eigenvalue weighted by molar-refractivity contribution is 6.03. The summed E-state index contributed by atoms with van der Waals surface area (Å²) in [6.45, 7) is 4.43. The summed E-state index contributed by atoms with van der Waals surface area (Å²) < 4.78 is 11.8. The maximum absolute atomic E-state index is 12.3. The van der Waals surface area contributed by atoms with Crippen molar-refractivity contribution in [1.82, 2.24) is 10.3 Å². The van der Waals surface area contributed by atoms with Crippen LogP contribution in [0, 0.1) is 0 Å². The maximum Gasteiger partial charge on any atom is 0.273 e. The number of nitrogens with one attached hydrogen (secondary N) is 1. The van der Waals surface area contributed by atoms with Gasteiger partial charge in [-0.2, -0.15) is 0 Å².